The molecule has 0 unspecified atom stereocenters. The van der Waals surface area contributed by atoms with Gasteiger partial charge in [0, 0.05) is 18.8 Å². The lowest BCUT2D eigenvalue weighted by atomic mass is 9.97. The van der Waals surface area contributed by atoms with Crippen LogP contribution in [0.1, 0.15) is 45.4 Å². The molecule has 1 aliphatic heterocycles. The molecule has 2 aliphatic rings. The van der Waals surface area contributed by atoms with Crippen molar-refractivity contribution >= 4 is 11.8 Å². The molecule has 0 saturated carbocycles. The number of ketones is 1. The molecule has 0 spiro atoms. The lowest BCUT2D eigenvalue weighted by Crippen LogP contribution is -2.10. The zero-order chi connectivity index (χ0) is 13.0. The van der Waals surface area contributed by atoms with E-state index < -0.39 is 0 Å². The minimum atomic E-state index is -0.113. The molecule has 0 bridgehead atoms. The van der Waals surface area contributed by atoms with Gasteiger partial charge in [0.25, 0.3) is 0 Å². The van der Waals surface area contributed by atoms with Gasteiger partial charge in [-0.25, -0.2) is 0 Å². The molecule has 0 aromatic carbocycles. The smallest absolute Gasteiger partial charge is 0.306 e. The SMILES string of the molecule is CCCCCC(=O)C=CC1=CC[C@H]2OC(=O)C[C@H]12. The number of fused-ring (bicyclic) bond motifs is 1. The minimum Gasteiger partial charge on any atom is -0.461 e. The van der Waals surface area contributed by atoms with Gasteiger partial charge in [-0.15, -0.1) is 0 Å². The molecular weight excluding hydrogens is 228 g/mol. The summed E-state index contributed by atoms with van der Waals surface area (Å²) < 4.78 is 5.19. The lowest BCUT2D eigenvalue weighted by Gasteiger charge is -2.08. The van der Waals surface area contributed by atoms with Crippen LogP contribution in [0.15, 0.2) is 23.8 Å². The second kappa shape index (κ2) is 5.98. The van der Waals surface area contributed by atoms with E-state index in [0.29, 0.717) is 12.8 Å². The zero-order valence-electron chi connectivity index (χ0n) is 10.9. The fourth-order valence-corrected chi connectivity index (χ4v) is 2.57. The Bertz CT molecular complexity index is 393. The topological polar surface area (TPSA) is 43.4 Å². The maximum Gasteiger partial charge on any atom is 0.306 e. The van der Waals surface area contributed by atoms with Crippen LogP contribution in [0.5, 0.6) is 0 Å². The van der Waals surface area contributed by atoms with Crippen LogP contribution in [0.3, 0.4) is 0 Å². The van der Waals surface area contributed by atoms with Crippen LogP contribution in [-0.4, -0.2) is 17.9 Å². The van der Waals surface area contributed by atoms with Gasteiger partial charge in [-0.3, -0.25) is 9.59 Å². The van der Waals surface area contributed by atoms with Gasteiger partial charge >= 0.3 is 5.97 Å². The molecule has 2 atom stereocenters. The Morgan fingerprint density at radius 1 is 1.50 bits per heavy atom. The standard InChI is InChI=1S/C15H20O3/c1-2-3-4-5-12(16)8-6-11-7-9-14-13(11)10-15(17)18-14/h6-8,13-14H,2-5,9-10H2,1H3/t13-,14-/m1/s1. The third kappa shape index (κ3) is 3.09. The van der Waals surface area contributed by atoms with E-state index in [9.17, 15) is 9.59 Å². The number of ether oxygens (including phenoxy) is 1. The number of carbonyl (C=O) groups excluding carboxylic acids is 2. The van der Waals surface area contributed by atoms with E-state index in [2.05, 4.69) is 13.0 Å². The molecule has 1 heterocycles. The second-order valence-electron chi connectivity index (χ2n) is 5.04. The first-order valence-corrected chi connectivity index (χ1v) is 6.81. The van der Waals surface area contributed by atoms with E-state index in [1.165, 1.54) is 0 Å². The van der Waals surface area contributed by atoms with Gasteiger partial charge in [-0.1, -0.05) is 31.9 Å². The molecule has 1 fully saturated rings. The quantitative estimate of drug-likeness (QED) is 0.412. The van der Waals surface area contributed by atoms with Gasteiger partial charge in [-0.05, 0) is 18.1 Å². The van der Waals surface area contributed by atoms with Gasteiger partial charge in [0.2, 0.25) is 0 Å². The van der Waals surface area contributed by atoms with Crippen molar-refractivity contribution in [2.45, 2.75) is 51.6 Å². The zero-order valence-corrected chi connectivity index (χ0v) is 10.9. The molecule has 98 valence electrons. The Morgan fingerprint density at radius 3 is 3.11 bits per heavy atom. The lowest BCUT2D eigenvalue weighted by molar-refractivity contribution is -0.141. The summed E-state index contributed by atoms with van der Waals surface area (Å²) in [5.41, 5.74) is 1.09. The monoisotopic (exact) mass is 248 g/mol. The summed E-state index contributed by atoms with van der Waals surface area (Å²) in [5, 5.41) is 0. The van der Waals surface area contributed by atoms with Crippen LogP contribution in [0, 0.1) is 5.92 Å². The van der Waals surface area contributed by atoms with Gasteiger partial charge < -0.3 is 4.74 Å². The van der Waals surface area contributed by atoms with Crippen molar-refractivity contribution in [1.29, 1.82) is 0 Å². The summed E-state index contributed by atoms with van der Waals surface area (Å²) in [7, 11) is 0. The Hall–Kier alpha value is -1.38. The van der Waals surface area contributed by atoms with Crippen molar-refractivity contribution in [3.05, 3.63) is 23.8 Å². The first-order valence-electron chi connectivity index (χ1n) is 6.81. The maximum atomic E-state index is 11.6. The number of esters is 1. The fraction of sp³-hybridized carbons (Fsp3) is 0.600. The molecule has 0 aromatic heterocycles. The number of allylic oxidation sites excluding steroid dienone is 2. The van der Waals surface area contributed by atoms with Gasteiger partial charge in [0.1, 0.15) is 6.10 Å². The minimum absolute atomic E-state index is 0.0207. The van der Waals surface area contributed by atoms with Crippen molar-refractivity contribution in [3.8, 4) is 0 Å². The van der Waals surface area contributed by atoms with Crippen molar-refractivity contribution in [2.75, 3.05) is 0 Å². The predicted octanol–water partition coefficient (Wildman–Crippen LogP) is 2.95. The third-order valence-electron chi connectivity index (χ3n) is 3.62. The molecule has 2 rings (SSSR count). The highest BCUT2D eigenvalue weighted by molar-refractivity contribution is 5.90. The van der Waals surface area contributed by atoms with Crippen LogP contribution in [0.2, 0.25) is 0 Å². The molecular formula is C15H20O3. The summed E-state index contributed by atoms with van der Waals surface area (Å²) in [6.07, 6.45) is 10.7. The van der Waals surface area contributed by atoms with Crippen molar-refractivity contribution in [3.63, 3.8) is 0 Å². The Morgan fingerprint density at radius 2 is 2.33 bits per heavy atom. The largest absolute Gasteiger partial charge is 0.461 e. The van der Waals surface area contributed by atoms with E-state index in [0.717, 1.165) is 31.3 Å². The number of unbranched alkanes of at least 4 members (excludes halogenated alkanes) is 2. The maximum absolute atomic E-state index is 11.6. The molecule has 0 radical (unpaired) electrons. The highest BCUT2D eigenvalue weighted by atomic mass is 16.5. The van der Waals surface area contributed by atoms with Crippen molar-refractivity contribution < 1.29 is 14.3 Å². The normalized spacial score (nSPS) is 26.3. The average Bonchev–Trinajstić information content (AvgIpc) is 2.86. The first-order chi connectivity index (χ1) is 8.70. The van der Waals surface area contributed by atoms with Crippen LogP contribution >= 0.6 is 0 Å². The van der Waals surface area contributed by atoms with Crippen LogP contribution in [0.4, 0.5) is 0 Å². The molecule has 1 aliphatic carbocycles. The summed E-state index contributed by atoms with van der Waals surface area (Å²) in [6.45, 7) is 2.13. The molecule has 3 heteroatoms. The number of hydrogen-bond donors (Lipinski definition) is 0. The number of rotatable bonds is 6. The van der Waals surface area contributed by atoms with Crippen molar-refractivity contribution in [2.24, 2.45) is 5.92 Å². The molecule has 18 heavy (non-hydrogen) atoms. The Labute approximate surface area is 108 Å². The molecule has 0 aromatic rings. The summed E-state index contributed by atoms with van der Waals surface area (Å²) in [5.74, 6) is 0.244. The average molecular weight is 248 g/mol. The summed E-state index contributed by atoms with van der Waals surface area (Å²) in [6, 6.07) is 0. The van der Waals surface area contributed by atoms with Crippen LogP contribution in [-0.2, 0) is 14.3 Å². The number of carbonyl (C=O) groups is 2. The number of hydrogen-bond acceptors (Lipinski definition) is 3. The summed E-state index contributed by atoms with van der Waals surface area (Å²) in [4.78, 5) is 22.8. The molecule has 0 N–H and O–H groups in total. The van der Waals surface area contributed by atoms with Gasteiger partial charge in [0.05, 0.1) is 6.42 Å². The highest BCUT2D eigenvalue weighted by Crippen LogP contribution is 2.37. The Balaban J connectivity index is 1.82. The van der Waals surface area contributed by atoms with Crippen LogP contribution < -0.4 is 0 Å². The second-order valence-corrected chi connectivity index (χ2v) is 5.04. The molecule has 3 nitrogen and oxygen atoms in total. The van der Waals surface area contributed by atoms with Crippen molar-refractivity contribution in [1.82, 2.24) is 0 Å². The van der Waals surface area contributed by atoms with E-state index in [1.807, 2.05) is 6.08 Å². The first kappa shape index (κ1) is 13.1. The van der Waals surface area contributed by atoms with E-state index >= 15 is 0 Å². The van der Waals surface area contributed by atoms with Gasteiger partial charge in [0.15, 0.2) is 5.78 Å². The third-order valence-corrected chi connectivity index (χ3v) is 3.62. The van der Waals surface area contributed by atoms with E-state index in [1.54, 1.807) is 6.08 Å². The van der Waals surface area contributed by atoms with E-state index in [4.69, 9.17) is 4.74 Å². The van der Waals surface area contributed by atoms with E-state index in [-0.39, 0.29) is 23.8 Å². The Kier molecular flexibility index (Phi) is 4.34. The molecule has 1 saturated heterocycles. The predicted molar refractivity (Wildman–Crippen MR) is 69.0 cm³/mol. The van der Waals surface area contributed by atoms with Gasteiger partial charge in [-0.2, -0.15) is 0 Å². The summed E-state index contributed by atoms with van der Waals surface area (Å²) >= 11 is 0. The molecule has 0 amide bonds. The van der Waals surface area contributed by atoms with Crippen LogP contribution in [0.25, 0.3) is 0 Å². The highest BCUT2D eigenvalue weighted by Gasteiger charge is 2.39. The fourth-order valence-electron chi connectivity index (χ4n) is 2.57.